The lowest BCUT2D eigenvalue weighted by atomic mass is 10.2. The molecule has 1 atom stereocenters. The van der Waals surface area contributed by atoms with Crippen LogP contribution in [-0.2, 0) is 4.79 Å². The molecule has 0 aliphatic rings. The summed E-state index contributed by atoms with van der Waals surface area (Å²) >= 11 is 1.32. The van der Waals surface area contributed by atoms with Gasteiger partial charge in [0.1, 0.15) is 0 Å². The minimum absolute atomic E-state index is 0.0104. The molecule has 7 heteroatoms. The van der Waals surface area contributed by atoms with Crippen LogP contribution in [0.25, 0.3) is 11.4 Å². The number of carbonyl (C=O) groups excluding carboxylic acids is 1. The molecule has 0 spiro atoms. The van der Waals surface area contributed by atoms with E-state index in [1.165, 1.54) is 11.8 Å². The fraction of sp³-hybridized carbons (Fsp3) is 0.429. The Morgan fingerprint density at radius 3 is 2.90 bits per heavy atom. The number of thioether (sulfide) groups is 1. The first-order chi connectivity index (χ1) is 10.2. The van der Waals surface area contributed by atoms with Crippen LogP contribution in [0.2, 0.25) is 0 Å². The molecule has 0 bridgehead atoms. The summed E-state index contributed by atoms with van der Waals surface area (Å²) in [5, 5.41) is 10.5. The van der Waals surface area contributed by atoms with E-state index in [0.29, 0.717) is 16.7 Å². The molecule has 2 aromatic rings. The van der Waals surface area contributed by atoms with Crippen LogP contribution >= 0.6 is 11.8 Å². The van der Waals surface area contributed by atoms with E-state index in [-0.39, 0.29) is 11.9 Å². The Morgan fingerprint density at radius 2 is 2.19 bits per heavy atom. The number of hydrogen-bond acceptors (Lipinski definition) is 5. The molecule has 0 unspecified atom stereocenters. The van der Waals surface area contributed by atoms with Gasteiger partial charge in [-0.1, -0.05) is 25.1 Å². The standard InChI is InChI=1S/C14H19N5OS/c1-3-4-10(2)16-12(20)9-21-14-17-13(18-19-14)11-5-7-15-8-6-11/h5-8,10H,3-4,9H2,1-2H3,(H,16,20)(H,17,18,19)/t10-/m0/s1. The van der Waals surface area contributed by atoms with Gasteiger partial charge in [0.05, 0.1) is 5.75 Å². The second kappa shape index (κ2) is 7.78. The highest BCUT2D eigenvalue weighted by molar-refractivity contribution is 7.99. The third-order valence-corrected chi connectivity index (χ3v) is 3.73. The molecule has 21 heavy (non-hydrogen) atoms. The minimum Gasteiger partial charge on any atom is -0.353 e. The number of aromatic nitrogens is 4. The monoisotopic (exact) mass is 305 g/mol. The van der Waals surface area contributed by atoms with Gasteiger partial charge >= 0.3 is 0 Å². The lowest BCUT2D eigenvalue weighted by molar-refractivity contribution is -0.119. The van der Waals surface area contributed by atoms with Gasteiger partial charge in [-0.3, -0.25) is 14.9 Å². The Hall–Kier alpha value is -1.89. The predicted molar refractivity (Wildman–Crippen MR) is 82.9 cm³/mol. The van der Waals surface area contributed by atoms with Crippen molar-refractivity contribution in [3.63, 3.8) is 0 Å². The second-order valence-electron chi connectivity index (χ2n) is 4.75. The second-order valence-corrected chi connectivity index (χ2v) is 5.69. The maximum Gasteiger partial charge on any atom is 0.230 e. The van der Waals surface area contributed by atoms with E-state index in [0.717, 1.165) is 18.4 Å². The van der Waals surface area contributed by atoms with Crippen molar-refractivity contribution >= 4 is 17.7 Å². The van der Waals surface area contributed by atoms with E-state index in [1.54, 1.807) is 12.4 Å². The van der Waals surface area contributed by atoms with Crippen molar-refractivity contribution in [1.82, 2.24) is 25.5 Å². The summed E-state index contributed by atoms with van der Waals surface area (Å²) in [6, 6.07) is 3.92. The Kier molecular flexibility index (Phi) is 5.74. The van der Waals surface area contributed by atoms with Gasteiger partial charge in [0, 0.05) is 24.0 Å². The summed E-state index contributed by atoms with van der Waals surface area (Å²) in [6.45, 7) is 4.12. The number of amides is 1. The molecule has 1 amide bonds. The summed E-state index contributed by atoms with van der Waals surface area (Å²) in [7, 11) is 0. The molecule has 0 aromatic carbocycles. The van der Waals surface area contributed by atoms with Crippen LogP contribution < -0.4 is 5.32 Å². The van der Waals surface area contributed by atoms with Crippen molar-refractivity contribution in [3.05, 3.63) is 24.5 Å². The molecule has 0 saturated carbocycles. The molecular formula is C14H19N5OS. The first kappa shape index (κ1) is 15.5. The zero-order valence-corrected chi connectivity index (χ0v) is 13.0. The fourth-order valence-electron chi connectivity index (χ4n) is 1.90. The van der Waals surface area contributed by atoms with E-state index < -0.39 is 0 Å². The first-order valence-electron chi connectivity index (χ1n) is 6.94. The van der Waals surface area contributed by atoms with Gasteiger partial charge in [-0.15, -0.1) is 5.10 Å². The first-order valence-corrected chi connectivity index (χ1v) is 7.92. The number of hydrogen-bond donors (Lipinski definition) is 2. The van der Waals surface area contributed by atoms with Crippen LogP contribution in [-0.4, -0.2) is 37.9 Å². The number of rotatable bonds is 7. The predicted octanol–water partition coefficient (Wildman–Crippen LogP) is 2.26. The van der Waals surface area contributed by atoms with Crippen molar-refractivity contribution in [2.24, 2.45) is 0 Å². The Bertz CT molecular complexity index is 572. The number of carbonyl (C=O) groups is 1. The van der Waals surface area contributed by atoms with E-state index in [2.05, 4.69) is 32.4 Å². The van der Waals surface area contributed by atoms with Crippen LogP contribution in [0.15, 0.2) is 29.7 Å². The van der Waals surface area contributed by atoms with Crippen molar-refractivity contribution in [1.29, 1.82) is 0 Å². The third kappa shape index (κ3) is 4.86. The van der Waals surface area contributed by atoms with E-state index in [4.69, 9.17) is 0 Å². The fourth-order valence-corrected chi connectivity index (χ4v) is 2.51. The number of H-pyrrole nitrogens is 1. The molecule has 2 heterocycles. The topological polar surface area (TPSA) is 83.6 Å². The number of aromatic amines is 1. The largest absolute Gasteiger partial charge is 0.353 e. The quantitative estimate of drug-likeness (QED) is 0.767. The molecule has 2 N–H and O–H groups in total. The van der Waals surface area contributed by atoms with Gasteiger partial charge in [-0.05, 0) is 25.5 Å². The highest BCUT2D eigenvalue weighted by Gasteiger charge is 2.10. The zero-order valence-electron chi connectivity index (χ0n) is 12.2. The lowest BCUT2D eigenvalue weighted by Gasteiger charge is -2.11. The normalized spacial score (nSPS) is 12.1. The van der Waals surface area contributed by atoms with Crippen molar-refractivity contribution in [3.8, 4) is 11.4 Å². The maximum absolute atomic E-state index is 11.8. The van der Waals surface area contributed by atoms with Gasteiger partial charge in [-0.2, -0.15) is 0 Å². The summed E-state index contributed by atoms with van der Waals surface area (Å²) in [4.78, 5) is 20.1. The Balaban J connectivity index is 1.84. The highest BCUT2D eigenvalue weighted by atomic mass is 32.2. The SMILES string of the molecule is CCC[C@H](C)NC(=O)CSc1n[nH]c(-c2ccncc2)n1. The number of pyridine rings is 1. The molecule has 6 nitrogen and oxygen atoms in total. The molecule has 0 aliphatic heterocycles. The van der Waals surface area contributed by atoms with Gasteiger partial charge in [0.2, 0.25) is 11.1 Å². The molecule has 0 aliphatic carbocycles. The van der Waals surface area contributed by atoms with E-state index in [9.17, 15) is 4.79 Å². The highest BCUT2D eigenvalue weighted by Crippen LogP contribution is 2.18. The minimum atomic E-state index is 0.0104. The molecule has 2 aromatic heterocycles. The van der Waals surface area contributed by atoms with Crippen LogP contribution in [0.3, 0.4) is 0 Å². The van der Waals surface area contributed by atoms with E-state index >= 15 is 0 Å². The molecule has 0 saturated heterocycles. The molecular weight excluding hydrogens is 286 g/mol. The van der Waals surface area contributed by atoms with Gasteiger partial charge in [0.25, 0.3) is 0 Å². The van der Waals surface area contributed by atoms with Crippen molar-refractivity contribution in [2.75, 3.05) is 5.75 Å². The lowest BCUT2D eigenvalue weighted by Crippen LogP contribution is -2.33. The van der Waals surface area contributed by atoms with Crippen molar-refractivity contribution < 1.29 is 4.79 Å². The number of nitrogens with zero attached hydrogens (tertiary/aromatic N) is 3. The molecule has 0 fully saturated rings. The number of nitrogens with one attached hydrogen (secondary N) is 2. The van der Waals surface area contributed by atoms with Crippen LogP contribution in [0.1, 0.15) is 26.7 Å². The average Bonchev–Trinajstić information content (AvgIpc) is 2.95. The van der Waals surface area contributed by atoms with Gasteiger partial charge < -0.3 is 5.32 Å². The zero-order chi connectivity index (χ0) is 15.1. The summed E-state index contributed by atoms with van der Waals surface area (Å²) in [6.07, 6.45) is 5.45. The van der Waals surface area contributed by atoms with Crippen LogP contribution in [0, 0.1) is 0 Å². The Morgan fingerprint density at radius 1 is 1.43 bits per heavy atom. The summed E-state index contributed by atoms with van der Waals surface area (Å²) in [5.41, 5.74) is 0.922. The van der Waals surface area contributed by atoms with Gasteiger partial charge in [0.15, 0.2) is 5.82 Å². The molecule has 0 radical (unpaired) electrons. The summed E-state index contributed by atoms with van der Waals surface area (Å²) in [5.74, 6) is 1.01. The molecule has 2 rings (SSSR count). The summed E-state index contributed by atoms with van der Waals surface area (Å²) < 4.78 is 0. The van der Waals surface area contributed by atoms with Crippen molar-refractivity contribution in [2.45, 2.75) is 37.9 Å². The van der Waals surface area contributed by atoms with Gasteiger partial charge in [-0.25, -0.2) is 4.98 Å². The van der Waals surface area contributed by atoms with Crippen LogP contribution in [0.4, 0.5) is 0 Å². The molecule has 112 valence electrons. The van der Waals surface area contributed by atoms with E-state index in [1.807, 2.05) is 19.1 Å². The maximum atomic E-state index is 11.8. The smallest absolute Gasteiger partial charge is 0.230 e. The third-order valence-electron chi connectivity index (χ3n) is 2.88. The average molecular weight is 305 g/mol. The Labute approximate surface area is 128 Å². The van der Waals surface area contributed by atoms with Crippen LogP contribution in [0.5, 0.6) is 0 Å².